The first-order valence-corrected chi connectivity index (χ1v) is 5.82. The van der Waals surface area contributed by atoms with Crippen molar-refractivity contribution in [1.82, 2.24) is 9.55 Å². The molecular formula is C13H16N4. The zero-order chi connectivity index (χ0) is 11.8. The van der Waals surface area contributed by atoms with Gasteiger partial charge in [0.15, 0.2) is 0 Å². The van der Waals surface area contributed by atoms with Gasteiger partial charge in [-0.3, -0.25) is 0 Å². The van der Waals surface area contributed by atoms with Gasteiger partial charge in [0.1, 0.15) is 0 Å². The standard InChI is InChI=1S/C13H16N4/c1-16-7-12(15-9-16)8-17-5-4-10-2-3-11(14)6-13(10)17/h2-3,6-7,9H,4-5,8,14H2,1H3. The minimum Gasteiger partial charge on any atom is -0.399 e. The Labute approximate surface area is 101 Å². The Morgan fingerprint density at radius 1 is 1.41 bits per heavy atom. The van der Waals surface area contributed by atoms with Gasteiger partial charge in [-0.25, -0.2) is 4.98 Å². The summed E-state index contributed by atoms with van der Waals surface area (Å²) in [4.78, 5) is 6.71. The molecule has 0 amide bonds. The number of nitrogen functional groups attached to an aromatic ring is 1. The van der Waals surface area contributed by atoms with E-state index in [9.17, 15) is 0 Å². The van der Waals surface area contributed by atoms with Crippen LogP contribution in [0.15, 0.2) is 30.7 Å². The smallest absolute Gasteiger partial charge is 0.0947 e. The topological polar surface area (TPSA) is 47.1 Å². The molecule has 1 aliphatic rings. The molecule has 4 heteroatoms. The average molecular weight is 228 g/mol. The molecule has 1 aliphatic heterocycles. The third kappa shape index (κ3) is 1.86. The first-order valence-electron chi connectivity index (χ1n) is 5.82. The van der Waals surface area contributed by atoms with E-state index in [1.165, 1.54) is 11.3 Å². The third-order valence-corrected chi connectivity index (χ3v) is 3.21. The number of benzene rings is 1. The van der Waals surface area contributed by atoms with Crippen LogP contribution in [0.1, 0.15) is 11.3 Å². The van der Waals surface area contributed by atoms with Crippen LogP contribution in [-0.2, 0) is 20.0 Å². The Hall–Kier alpha value is -1.97. The van der Waals surface area contributed by atoms with Crippen molar-refractivity contribution in [2.75, 3.05) is 17.2 Å². The Morgan fingerprint density at radius 3 is 3.06 bits per heavy atom. The largest absolute Gasteiger partial charge is 0.399 e. The highest BCUT2D eigenvalue weighted by Crippen LogP contribution is 2.30. The molecule has 2 N–H and O–H groups in total. The predicted octanol–water partition coefficient (Wildman–Crippen LogP) is 1.56. The molecule has 1 aromatic heterocycles. The monoisotopic (exact) mass is 228 g/mol. The molecule has 0 aliphatic carbocycles. The van der Waals surface area contributed by atoms with Gasteiger partial charge in [-0.15, -0.1) is 0 Å². The van der Waals surface area contributed by atoms with Gasteiger partial charge in [-0.2, -0.15) is 0 Å². The molecule has 0 bridgehead atoms. The number of hydrogen-bond acceptors (Lipinski definition) is 3. The molecule has 2 aromatic rings. The molecule has 0 radical (unpaired) electrons. The molecule has 0 saturated carbocycles. The molecule has 4 nitrogen and oxygen atoms in total. The Kier molecular flexibility index (Phi) is 2.28. The predicted molar refractivity (Wildman–Crippen MR) is 68.8 cm³/mol. The fourth-order valence-corrected chi connectivity index (χ4v) is 2.37. The second kappa shape index (κ2) is 3.80. The van der Waals surface area contributed by atoms with E-state index in [1.807, 2.05) is 24.0 Å². The van der Waals surface area contributed by atoms with Crippen molar-refractivity contribution in [3.8, 4) is 0 Å². The van der Waals surface area contributed by atoms with Crippen LogP contribution in [0.25, 0.3) is 0 Å². The number of aromatic nitrogens is 2. The lowest BCUT2D eigenvalue weighted by molar-refractivity contribution is 0.818. The number of anilines is 2. The minimum atomic E-state index is 0.830. The van der Waals surface area contributed by atoms with Gasteiger partial charge in [-0.1, -0.05) is 6.07 Å². The fraction of sp³-hybridized carbons (Fsp3) is 0.308. The molecule has 0 unspecified atom stereocenters. The highest BCUT2D eigenvalue weighted by Gasteiger charge is 2.19. The molecule has 17 heavy (non-hydrogen) atoms. The van der Waals surface area contributed by atoms with E-state index in [0.29, 0.717) is 0 Å². The van der Waals surface area contributed by atoms with Crippen LogP contribution in [0, 0.1) is 0 Å². The molecule has 3 rings (SSSR count). The number of aryl methyl sites for hydroxylation is 1. The number of imidazole rings is 1. The van der Waals surface area contributed by atoms with Crippen molar-refractivity contribution in [3.05, 3.63) is 42.0 Å². The van der Waals surface area contributed by atoms with Crippen LogP contribution >= 0.6 is 0 Å². The van der Waals surface area contributed by atoms with Crippen molar-refractivity contribution < 1.29 is 0 Å². The molecule has 0 spiro atoms. The summed E-state index contributed by atoms with van der Waals surface area (Å²) in [5.74, 6) is 0. The van der Waals surface area contributed by atoms with Gasteiger partial charge in [0.2, 0.25) is 0 Å². The number of fused-ring (bicyclic) bond motifs is 1. The Bertz CT molecular complexity index is 544. The molecule has 2 heterocycles. The van der Waals surface area contributed by atoms with Gasteiger partial charge in [-0.05, 0) is 24.1 Å². The highest BCUT2D eigenvalue weighted by molar-refractivity contribution is 5.64. The van der Waals surface area contributed by atoms with Crippen molar-refractivity contribution >= 4 is 11.4 Å². The van der Waals surface area contributed by atoms with Crippen LogP contribution in [-0.4, -0.2) is 16.1 Å². The number of rotatable bonds is 2. The quantitative estimate of drug-likeness (QED) is 0.794. The molecule has 0 fully saturated rings. The minimum absolute atomic E-state index is 0.830. The summed E-state index contributed by atoms with van der Waals surface area (Å²) >= 11 is 0. The zero-order valence-corrected chi connectivity index (χ0v) is 9.93. The maximum atomic E-state index is 5.84. The lowest BCUT2D eigenvalue weighted by Crippen LogP contribution is -2.19. The summed E-state index contributed by atoms with van der Waals surface area (Å²) in [5, 5.41) is 0. The Morgan fingerprint density at radius 2 is 2.29 bits per heavy atom. The average Bonchev–Trinajstić information content (AvgIpc) is 2.87. The van der Waals surface area contributed by atoms with Crippen LogP contribution in [0.4, 0.5) is 11.4 Å². The van der Waals surface area contributed by atoms with E-state index in [4.69, 9.17) is 5.73 Å². The maximum Gasteiger partial charge on any atom is 0.0947 e. The lowest BCUT2D eigenvalue weighted by atomic mass is 10.1. The van der Waals surface area contributed by atoms with E-state index in [1.54, 1.807) is 0 Å². The van der Waals surface area contributed by atoms with Crippen molar-refractivity contribution in [3.63, 3.8) is 0 Å². The van der Waals surface area contributed by atoms with Crippen molar-refractivity contribution in [2.24, 2.45) is 7.05 Å². The second-order valence-electron chi connectivity index (χ2n) is 4.59. The first-order chi connectivity index (χ1) is 8.22. The highest BCUT2D eigenvalue weighted by atomic mass is 15.2. The van der Waals surface area contributed by atoms with E-state index in [2.05, 4.69) is 28.2 Å². The lowest BCUT2D eigenvalue weighted by Gasteiger charge is -2.18. The number of nitrogens with two attached hydrogens (primary N) is 1. The fourth-order valence-electron chi connectivity index (χ4n) is 2.37. The first kappa shape index (κ1) is 10.2. The van der Waals surface area contributed by atoms with E-state index in [-0.39, 0.29) is 0 Å². The summed E-state index contributed by atoms with van der Waals surface area (Å²) in [6, 6.07) is 6.16. The zero-order valence-electron chi connectivity index (χ0n) is 9.93. The Balaban J connectivity index is 1.86. The summed E-state index contributed by atoms with van der Waals surface area (Å²) < 4.78 is 1.98. The number of nitrogens with zero attached hydrogens (tertiary/aromatic N) is 3. The van der Waals surface area contributed by atoms with Crippen LogP contribution < -0.4 is 10.6 Å². The van der Waals surface area contributed by atoms with Crippen LogP contribution in [0.2, 0.25) is 0 Å². The molecule has 0 saturated heterocycles. The van der Waals surface area contributed by atoms with Gasteiger partial charge in [0.25, 0.3) is 0 Å². The summed E-state index contributed by atoms with van der Waals surface area (Å²) in [7, 11) is 1.99. The van der Waals surface area contributed by atoms with Gasteiger partial charge in [0.05, 0.1) is 18.6 Å². The van der Waals surface area contributed by atoms with Gasteiger partial charge < -0.3 is 15.2 Å². The molecular weight excluding hydrogens is 212 g/mol. The second-order valence-corrected chi connectivity index (χ2v) is 4.59. The van der Waals surface area contributed by atoms with Crippen LogP contribution in [0.5, 0.6) is 0 Å². The third-order valence-electron chi connectivity index (χ3n) is 3.21. The van der Waals surface area contributed by atoms with E-state index in [0.717, 1.165) is 30.9 Å². The SMILES string of the molecule is Cn1cnc(CN2CCc3ccc(N)cc32)c1. The maximum absolute atomic E-state index is 5.84. The summed E-state index contributed by atoms with van der Waals surface area (Å²) in [5.41, 5.74) is 10.4. The van der Waals surface area contributed by atoms with Gasteiger partial charge >= 0.3 is 0 Å². The number of hydrogen-bond donors (Lipinski definition) is 1. The van der Waals surface area contributed by atoms with E-state index < -0.39 is 0 Å². The molecule has 88 valence electrons. The summed E-state index contributed by atoms with van der Waals surface area (Å²) in [6.45, 7) is 1.91. The van der Waals surface area contributed by atoms with Gasteiger partial charge in [0, 0.05) is 31.2 Å². The normalized spacial score (nSPS) is 14.1. The van der Waals surface area contributed by atoms with E-state index >= 15 is 0 Å². The summed E-state index contributed by atoms with van der Waals surface area (Å²) in [6.07, 6.45) is 5.00. The van der Waals surface area contributed by atoms with Crippen molar-refractivity contribution in [2.45, 2.75) is 13.0 Å². The van der Waals surface area contributed by atoms with Crippen LogP contribution in [0.3, 0.4) is 0 Å². The van der Waals surface area contributed by atoms with Crippen molar-refractivity contribution in [1.29, 1.82) is 0 Å². The molecule has 1 aromatic carbocycles. The molecule has 0 atom stereocenters.